The largest absolute Gasteiger partial charge is 0.486 e. The molecule has 0 amide bonds. The number of para-hydroxylation sites is 1. The van der Waals surface area contributed by atoms with E-state index >= 15 is 0 Å². The van der Waals surface area contributed by atoms with Gasteiger partial charge in [-0.25, -0.2) is 0 Å². The standard InChI is InChI=1S/C17H17Cl2NO2/c1-2-20-9-12-10-21-16-5-3-4-14(17(16)22-12)13-7-6-11(18)8-15(13)19/h3-8,12,20H,2,9-10H2,1H3. The van der Waals surface area contributed by atoms with Gasteiger partial charge in [-0.05, 0) is 24.7 Å². The smallest absolute Gasteiger partial charge is 0.169 e. The second kappa shape index (κ2) is 6.78. The monoisotopic (exact) mass is 337 g/mol. The van der Waals surface area contributed by atoms with E-state index in [1.54, 1.807) is 6.07 Å². The molecule has 5 heteroatoms. The van der Waals surface area contributed by atoms with Crippen LogP contribution < -0.4 is 14.8 Å². The molecular formula is C17H17Cl2NO2. The molecule has 0 saturated carbocycles. The zero-order chi connectivity index (χ0) is 15.5. The first-order valence-corrected chi connectivity index (χ1v) is 8.03. The van der Waals surface area contributed by atoms with Gasteiger partial charge < -0.3 is 14.8 Å². The highest BCUT2D eigenvalue weighted by atomic mass is 35.5. The Balaban J connectivity index is 1.97. The van der Waals surface area contributed by atoms with E-state index in [0.29, 0.717) is 16.7 Å². The van der Waals surface area contributed by atoms with E-state index in [4.69, 9.17) is 32.7 Å². The van der Waals surface area contributed by atoms with Crippen molar-refractivity contribution in [1.29, 1.82) is 0 Å². The van der Waals surface area contributed by atoms with Gasteiger partial charge in [0, 0.05) is 22.7 Å². The minimum absolute atomic E-state index is 0.0142. The molecule has 0 aliphatic carbocycles. The molecule has 3 rings (SSSR count). The summed E-state index contributed by atoms with van der Waals surface area (Å²) in [5.41, 5.74) is 1.80. The van der Waals surface area contributed by atoms with Gasteiger partial charge in [0.15, 0.2) is 11.5 Å². The van der Waals surface area contributed by atoms with E-state index in [1.165, 1.54) is 0 Å². The molecule has 0 saturated heterocycles. The van der Waals surface area contributed by atoms with Crippen molar-refractivity contribution in [1.82, 2.24) is 5.32 Å². The average molecular weight is 338 g/mol. The lowest BCUT2D eigenvalue weighted by atomic mass is 10.0. The number of nitrogens with one attached hydrogen (secondary N) is 1. The lowest BCUT2D eigenvalue weighted by Gasteiger charge is -2.28. The minimum atomic E-state index is -0.0142. The maximum atomic E-state index is 6.33. The van der Waals surface area contributed by atoms with E-state index in [9.17, 15) is 0 Å². The molecule has 2 aromatic carbocycles. The van der Waals surface area contributed by atoms with Crippen molar-refractivity contribution < 1.29 is 9.47 Å². The summed E-state index contributed by atoms with van der Waals surface area (Å²) >= 11 is 12.3. The van der Waals surface area contributed by atoms with E-state index in [1.807, 2.05) is 30.3 Å². The lowest BCUT2D eigenvalue weighted by Crippen LogP contribution is -2.38. The van der Waals surface area contributed by atoms with Crippen LogP contribution in [0.1, 0.15) is 6.92 Å². The van der Waals surface area contributed by atoms with Crippen molar-refractivity contribution in [2.45, 2.75) is 13.0 Å². The first-order valence-electron chi connectivity index (χ1n) is 7.27. The fourth-order valence-corrected chi connectivity index (χ4v) is 2.97. The van der Waals surface area contributed by atoms with E-state index in [2.05, 4.69) is 12.2 Å². The van der Waals surface area contributed by atoms with Gasteiger partial charge >= 0.3 is 0 Å². The molecule has 1 aliphatic rings. The van der Waals surface area contributed by atoms with Gasteiger partial charge in [-0.3, -0.25) is 0 Å². The van der Waals surface area contributed by atoms with Crippen molar-refractivity contribution in [3.8, 4) is 22.6 Å². The Morgan fingerprint density at radius 2 is 2.05 bits per heavy atom. The van der Waals surface area contributed by atoms with Crippen LogP contribution in [0.25, 0.3) is 11.1 Å². The van der Waals surface area contributed by atoms with Crippen molar-refractivity contribution in [3.63, 3.8) is 0 Å². The summed E-state index contributed by atoms with van der Waals surface area (Å²) in [7, 11) is 0. The highest BCUT2D eigenvalue weighted by molar-refractivity contribution is 6.36. The molecule has 1 atom stereocenters. The molecule has 0 spiro atoms. The lowest BCUT2D eigenvalue weighted by molar-refractivity contribution is 0.0916. The third-order valence-corrected chi connectivity index (χ3v) is 4.08. The molecule has 2 aromatic rings. The Morgan fingerprint density at radius 3 is 2.82 bits per heavy atom. The van der Waals surface area contributed by atoms with Crippen LogP contribution in [0, 0.1) is 0 Å². The summed E-state index contributed by atoms with van der Waals surface area (Å²) in [5.74, 6) is 1.48. The summed E-state index contributed by atoms with van der Waals surface area (Å²) < 4.78 is 12.0. The Hall–Kier alpha value is -1.42. The first-order chi connectivity index (χ1) is 10.7. The van der Waals surface area contributed by atoms with Crippen LogP contribution in [0.2, 0.25) is 10.0 Å². The van der Waals surface area contributed by atoms with Crippen LogP contribution in [-0.2, 0) is 0 Å². The fraction of sp³-hybridized carbons (Fsp3) is 0.294. The Kier molecular flexibility index (Phi) is 4.77. The van der Waals surface area contributed by atoms with Gasteiger partial charge in [0.25, 0.3) is 0 Å². The third-order valence-electron chi connectivity index (χ3n) is 3.53. The molecule has 0 fully saturated rings. The Bertz CT molecular complexity index is 676. The number of likely N-dealkylation sites (N-methyl/N-ethyl adjacent to an activating group) is 1. The predicted molar refractivity (Wildman–Crippen MR) is 90.4 cm³/mol. The molecule has 1 unspecified atom stereocenters. The second-order valence-electron chi connectivity index (χ2n) is 5.12. The molecule has 116 valence electrons. The molecular weight excluding hydrogens is 321 g/mol. The summed E-state index contributed by atoms with van der Waals surface area (Å²) in [6.45, 7) is 4.25. The van der Waals surface area contributed by atoms with Crippen molar-refractivity contribution in [3.05, 3.63) is 46.4 Å². The van der Waals surface area contributed by atoms with E-state index < -0.39 is 0 Å². The van der Waals surface area contributed by atoms with Crippen LogP contribution >= 0.6 is 23.2 Å². The number of benzene rings is 2. The van der Waals surface area contributed by atoms with Crippen LogP contribution in [0.5, 0.6) is 11.5 Å². The van der Waals surface area contributed by atoms with Gasteiger partial charge in [0.2, 0.25) is 0 Å². The van der Waals surface area contributed by atoms with E-state index in [0.717, 1.165) is 35.7 Å². The van der Waals surface area contributed by atoms with Gasteiger partial charge in [-0.2, -0.15) is 0 Å². The number of halogens is 2. The summed E-state index contributed by atoms with van der Waals surface area (Å²) in [4.78, 5) is 0. The number of hydrogen-bond acceptors (Lipinski definition) is 3. The predicted octanol–water partition coefficient (Wildman–Crippen LogP) is 4.41. The Labute approximate surface area is 140 Å². The number of hydrogen-bond donors (Lipinski definition) is 1. The number of ether oxygens (including phenoxy) is 2. The van der Waals surface area contributed by atoms with Crippen molar-refractivity contribution >= 4 is 23.2 Å². The average Bonchev–Trinajstić information content (AvgIpc) is 2.52. The topological polar surface area (TPSA) is 30.5 Å². The van der Waals surface area contributed by atoms with E-state index in [-0.39, 0.29) is 6.10 Å². The molecule has 1 aliphatic heterocycles. The minimum Gasteiger partial charge on any atom is -0.486 e. The third kappa shape index (κ3) is 3.17. The fourth-order valence-electron chi connectivity index (χ4n) is 2.46. The normalized spacial score (nSPS) is 16.6. The molecule has 0 aromatic heterocycles. The maximum Gasteiger partial charge on any atom is 0.169 e. The van der Waals surface area contributed by atoms with Gasteiger partial charge in [0.1, 0.15) is 12.7 Å². The quantitative estimate of drug-likeness (QED) is 0.896. The highest BCUT2D eigenvalue weighted by Gasteiger charge is 2.24. The summed E-state index contributed by atoms with van der Waals surface area (Å²) in [6.07, 6.45) is -0.0142. The van der Waals surface area contributed by atoms with Gasteiger partial charge in [-0.1, -0.05) is 48.3 Å². The van der Waals surface area contributed by atoms with Crippen LogP contribution in [0.3, 0.4) is 0 Å². The number of rotatable bonds is 4. The molecule has 0 radical (unpaired) electrons. The summed E-state index contributed by atoms with van der Waals surface area (Å²) in [5, 5.41) is 4.49. The zero-order valence-corrected chi connectivity index (χ0v) is 13.7. The molecule has 1 N–H and O–H groups in total. The summed E-state index contributed by atoms with van der Waals surface area (Å²) in [6, 6.07) is 11.3. The number of fused-ring (bicyclic) bond motifs is 1. The van der Waals surface area contributed by atoms with Gasteiger partial charge in [0.05, 0.1) is 5.02 Å². The molecule has 1 heterocycles. The van der Waals surface area contributed by atoms with Gasteiger partial charge in [-0.15, -0.1) is 0 Å². The first kappa shape index (κ1) is 15.5. The highest BCUT2D eigenvalue weighted by Crippen LogP contribution is 2.43. The second-order valence-corrected chi connectivity index (χ2v) is 5.96. The maximum absolute atomic E-state index is 6.33. The van der Waals surface area contributed by atoms with Crippen LogP contribution in [0.15, 0.2) is 36.4 Å². The zero-order valence-electron chi connectivity index (χ0n) is 12.2. The van der Waals surface area contributed by atoms with Crippen LogP contribution in [0.4, 0.5) is 0 Å². The molecule has 22 heavy (non-hydrogen) atoms. The molecule has 0 bridgehead atoms. The molecule has 3 nitrogen and oxygen atoms in total. The SMILES string of the molecule is CCNCC1COc2cccc(-c3ccc(Cl)cc3Cl)c2O1. The Morgan fingerprint density at radius 1 is 1.18 bits per heavy atom. The van der Waals surface area contributed by atoms with Crippen molar-refractivity contribution in [2.24, 2.45) is 0 Å². The van der Waals surface area contributed by atoms with Crippen molar-refractivity contribution in [2.75, 3.05) is 19.7 Å². The van der Waals surface area contributed by atoms with Crippen LogP contribution in [-0.4, -0.2) is 25.8 Å².